The smallest absolute Gasteiger partial charge is 0.124 e. The number of ether oxygens (including phenoxy) is 2. The minimum Gasteiger partial charge on any atom is -0.497 e. The number of hydrogen-bond acceptors (Lipinski definition) is 4. The van der Waals surface area contributed by atoms with Crippen molar-refractivity contribution in [1.29, 1.82) is 0 Å². The van der Waals surface area contributed by atoms with Crippen LogP contribution < -0.4 is 14.8 Å². The van der Waals surface area contributed by atoms with Crippen LogP contribution >= 0.6 is 0 Å². The fraction of sp³-hybridized carbons (Fsp3) is 0.312. The summed E-state index contributed by atoms with van der Waals surface area (Å²) in [6.07, 6.45) is 3.71. The predicted octanol–water partition coefficient (Wildman–Crippen LogP) is 2.72. The molecule has 1 N–H and O–H groups in total. The van der Waals surface area contributed by atoms with Crippen LogP contribution in [0.5, 0.6) is 11.5 Å². The molecule has 1 aromatic carbocycles. The van der Waals surface area contributed by atoms with Crippen molar-refractivity contribution >= 4 is 0 Å². The van der Waals surface area contributed by atoms with Gasteiger partial charge in [-0.3, -0.25) is 4.98 Å². The Bertz CT molecular complexity index is 584. The predicted molar refractivity (Wildman–Crippen MR) is 79.4 cm³/mol. The molecular weight excluding hydrogens is 252 g/mol. The maximum Gasteiger partial charge on any atom is 0.124 e. The van der Waals surface area contributed by atoms with Gasteiger partial charge in [0.1, 0.15) is 11.5 Å². The van der Waals surface area contributed by atoms with E-state index in [2.05, 4.69) is 16.4 Å². The lowest BCUT2D eigenvalue weighted by Gasteiger charge is -2.20. The first-order chi connectivity index (χ1) is 9.69. The summed E-state index contributed by atoms with van der Waals surface area (Å²) in [6, 6.07) is 7.92. The highest BCUT2D eigenvalue weighted by molar-refractivity contribution is 5.46. The van der Waals surface area contributed by atoms with Crippen LogP contribution in [0.3, 0.4) is 0 Å². The summed E-state index contributed by atoms with van der Waals surface area (Å²) in [5, 5.41) is 3.31. The summed E-state index contributed by atoms with van der Waals surface area (Å²) < 4.78 is 10.8. The third-order valence-corrected chi connectivity index (χ3v) is 3.27. The Balaban J connectivity index is 2.50. The number of rotatable bonds is 5. The van der Waals surface area contributed by atoms with Gasteiger partial charge in [0, 0.05) is 18.0 Å². The summed E-state index contributed by atoms with van der Waals surface area (Å²) in [5.74, 6) is 1.63. The van der Waals surface area contributed by atoms with Crippen molar-refractivity contribution in [2.45, 2.75) is 13.0 Å². The number of aromatic nitrogens is 1. The molecule has 0 saturated carbocycles. The van der Waals surface area contributed by atoms with Gasteiger partial charge in [0.2, 0.25) is 0 Å². The molecule has 4 heteroatoms. The molecule has 0 spiro atoms. The Labute approximate surface area is 119 Å². The van der Waals surface area contributed by atoms with E-state index < -0.39 is 0 Å². The van der Waals surface area contributed by atoms with Crippen molar-refractivity contribution in [2.75, 3.05) is 21.3 Å². The van der Waals surface area contributed by atoms with E-state index in [0.29, 0.717) is 0 Å². The molecule has 0 bridgehead atoms. The molecule has 106 valence electrons. The van der Waals surface area contributed by atoms with Gasteiger partial charge in [-0.2, -0.15) is 0 Å². The van der Waals surface area contributed by atoms with Gasteiger partial charge in [-0.15, -0.1) is 0 Å². The first-order valence-corrected chi connectivity index (χ1v) is 6.50. The summed E-state index contributed by atoms with van der Waals surface area (Å²) >= 11 is 0. The van der Waals surface area contributed by atoms with E-state index in [1.807, 2.05) is 44.6 Å². The topological polar surface area (TPSA) is 43.4 Å². The monoisotopic (exact) mass is 272 g/mol. The first-order valence-electron chi connectivity index (χ1n) is 6.50. The molecule has 0 radical (unpaired) electrons. The van der Waals surface area contributed by atoms with E-state index in [0.717, 1.165) is 28.2 Å². The van der Waals surface area contributed by atoms with Crippen LogP contribution in [0.2, 0.25) is 0 Å². The summed E-state index contributed by atoms with van der Waals surface area (Å²) in [5.41, 5.74) is 3.26. The minimum atomic E-state index is 0.00690. The Morgan fingerprint density at radius 2 is 1.90 bits per heavy atom. The molecule has 1 atom stereocenters. The van der Waals surface area contributed by atoms with E-state index in [1.54, 1.807) is 14.2 Å². The van der Waals surface area contributed by atoms with Crippen LogP contribution in [0.4, 0.5) is 0 Å². The van der Waals surface area contributed by atoms with Crippen LogP contribution in [0.1, 0.15) is 22.7 Å². The second kappa shape index (κ2) is 6.39. The number of benzene rings is 1. The van der Waals surface area contributed by atoms with Gasteiger partial charge in [-0.1, -0.05) is 6.07 Å². The maximum absolute atomic E-state index is 5.46. The van der Waals surface area contributed by atoms with Gasteiger partial charge in [0.25, 0.3) is 0 Å². The van der Waals surface area contributed by atoms with E-state index in [4.69, 9.17) is 9.47 Å². The maximum atomic E-state index is 5.46. The summed E-state index contributed by atoms with van der Waals surface area (Å²) in [4.78, 5) is 4.26. The zero-order chi connectivity index (χ0) is 14.5. The molecule has 0 aliphatic carbocycles. The Morgan fingerprint density at radius 1 is 1.10 bits per heavy atom. The second-order valence-corrected chi connectivity index (χ2v) is 4.63. The van der Waals surface area contributed by atoms with Gasteiger partial charge in [0.15, 0.2) is 0 Å². The lowest BCUT2D eigenvalue weighted by Crippen LogP contribution is -2.19. The van der Waals surface area contributed by atoms with Gasteiger partial charge in [-0.25, -0.2) is 0 Å². The SMILES string of the molecule is CNC(c1cncc(C)c1)c1cc(OC)ccc1OC. The van der Waals surface area contributed by atoms with Gasteiger partial charge >= 0.3 is 0 Å². The zero-order valence-electron chi connectivity index (χ0n) is 12.3. The average Bonchev–Trinajstić information content (AvgIpc) is 2.48. The van der Waals surface area contributed by atoms with Crippen LogP contribution in [-0.4, -0.2) is 26.3 Å². The van der Waals surface area contributed by atoms with E-state index in [-0.39, 0.29) is 6.04 Å². The average molecular weight is 272 g/mol. The van der Waals surface area contributed by atoms with Gasteiger partial charge in [-0.05, 0) is 43.3 Å². The first kappa shape index (κ1) is 14.3. The molecule has 0 aliphatic heterocycles. The molecule has 0 aliphatic rings. The number of hydrogen-bond donors (Lipinski definition) is 1. The molecule has 2 rings (SSSR count). The molecule has 1 aromatic heterocycles. The molecule has 0 amide bonds. The second-order valence-electron chi connectivity index (χ2n) is 4.63. The number of pyridine rings is 1. The summed E-state index contributed by atoms with van der Waals surface area (Å²) in [7, 11) is 5.26. The summed E-state index contributed by atoms with van der Waals surface area (Å²) in [6.45, 7) is 2.03. The Morgan fingerprint density at radius 3 is 2.50 bits per heavy atom. The Hall–Kier alpha value is -2.07. The fourth-order valence-electron chi connectivity index (χ4n) is 2.30. The van der Waals surface area contributed by atoms with Crippen molar-refractivity contribution in [3.8, 4) is 11.5 Å². The number of methoxy groups -OCH3 is 2. The Kier molecular flexibility index (Phi) is 4.58. The lowest BCUT2D eigenvalue weighted by molar-refractivity contribution is 0.395. The van der Waals surface area contributed by atoms with E-state index in [1.165, 1.54) is 0 Å². The van der Waals surface area contributed by atoms with Crippen molar-refractivity contribution in [1.82, 2.24) is 10.3 Å². The van der Waals surface area contributed by atoms with E-state index in [9.17, 15) is 0 Å². The minimum absolute atomic E-state index is 0.00690. The van der Waals surface area contributed by atoms with Crippen LogP contribution in [0.15, 0.2) is 36.7 Å². The van der Waals surface area contributed by atoms with Crippen LogP contribution in [-0.2, 0) is 0 Å². The highest BCUT2D eigenvalue weighted by atomic mass is 16.5. The lowest BCUT2D eigenvalue weighted by atomic mass is 9.98. The molecule has 0 fully saturated rings. The van der Waals surface area contributed by atoms with E-state index >= 15 is 0 Å². The normalized spacial score (nSPS) is 12.0. The molecular formula is C16H20N2O2. The quantitative estimate of drug-likeness (QED) is 0.909. The van der Waals surface area contributed by atoms with Crippen molar-refractivity contribution < 1.29 is 9.47 Å². The van der Waals surface area contributed by atoms with Crippen molar-refractivity contribution in [2.24, 2.45) is 0 Å². The van der Waals surface area contributed by atoms with Gasteiger partial charge < -0.3 is 14.8 Å². The fourth-order valence-corrected chi connectivity index (χ4v) is 2.30. The third kappa shape index (κ3) is 2.91. The molecule has 0 saturated heterocycles. The standard InChI is InChI=1S/C16H20N2O2/c1-11-7-12(10-18-9-11)16(17-2)14-8-13(19-3)5-6-15(14)20-4/h5-10,16-17H,1-4H3. The number of aryl methyl sites for hydroxylation is 1. The molecule has 20 heavy (non-hydrogen) atoms. The van der Waals surface area contributed by atoms with Crippen LogP contribution in [0, 0.1) is 6.92 Å². The number of nitrogens with zero attached hydrogens (tertiary/aromatic N) is 1. The highest BCUT2D eigenvalue weighted by Crippen LogP contribution is 2.32. The van der Waals surface area contributed by atoms with Crippen molar-refractivity contribution in [3.05, 3.63) is 53.3 Å². The highest BCUT2D eigenvalue weighted by Gasteiger charge is 2.18. The molecule has 4 nitrogen and oxygen atoms in total. The molecule has 1 unspecified atom stereocenters. The van der Waals surface area contributed by atoms with Gasteiger partial charge in [0.05, 0.1) is 20.3 Å². The third-order valence-electron chi connectivity index (χ3n) is 3.27. The largest absolute Gasteiger partial charge is 0.497 e. The van der Waals surface area contributed by atoms with Crippen LogP contribution in [0.25, 0.3) is 0 Å². The number of nitrogens with one attached hydrogen (secondary N) is 1. The van der Waals surface area contributed by atoms with Crippen molar-refractivity contribution in [3.63, 3.8) is 0 Å². The molecule has 2 aromatic rings. The zero-order valence-corrected chi connectivity index (χ0v) is 12.3. The molecule has 1 heterocycles.